The number of rotatable bonds is 10. The van der Waals surface area contributed by atoms with Crippen molar-refractivity contribution in [2.24, 2.45) is 5.73 Å². The van der Waals surface area contributed by atoms with Crippen LogP contribution in [0.4, 0.5) is 10.5 Å². The SMILES string of the molecule is COC(=O)Nc1ccc(-c2ccc(CC(N)CC(=O)N3CCCC(c4nc5ccccc5n4CCNC(C)=O)C3)cc2)cc1. The number of carbonyl (C=O) groups is 3. The minimum Gasteiger partial charge on any atom is -0.453 e. The molecule has 230 valence electrons. The molecule has 1 saturated heterocycles. The van der Waals surface area contributed by atoms with Gasteiger partial charge in [0.15, 0.2) is 0 Å². The Morgan fingerprint density at radius 3 is 2.43 bits per heavy atom. The lowest BCUT2D eigenvalue weighted by molar-refractivity contribution is -0.132. The number of nitrogens with two attached hydrogens (primary N) is 1. The Morgan fingerprint density at radius 2 is 1.73 bits per heavy atom. The predicted octanol–water partition coefficient (Wildman–Crippen LogP) is 4.68. The average Bonchev–Trinajstić information content (AvgIpc) is 3.40. The normalized spacial score (nSPS) is 15.5. The molecule has 3 amide bonds. The number of imidazole rings is 1. The van der Waals surface area contributed by atoms with Crippen LogP contribution < -0.4 is 16.4 Å². The van der Waals surface area contributed by atoms with E-state index in [-0.39, 0.29) is 30.2 Å². The minimum atomic E-state index is -0.506. The summed E-state index contributed by atoms with van der Waals surface area (Å²) in [5.74, 6) is 1.10. The van der Waals surface area contributed by atoms with Crippen LogP contribution in [0.5, 0.6) is 0 Å². The van der Waals surface area contributed by atoms with Crippen LogP contribution in [-0.2, 0) is 27.3 Å². The number of likely N-dealkylation sites (tertiary alicyclic amines) is 1. The molecule has 0 bridgehead atoms. The zero-order chi connectivity index (χ0) is 31.1. The monoisotopic (exact) mass is 596 g/mol. The Hall–Kier alpha value is -4.70. The van der Waals surface area contributed by atoms with E-state index >= 15 is 0 Å². The van der Waals surface area contributed by atoms with Crippen LogP contribution in [0.2, 0.25) is 0 Å². The number of amides is 3. The first kappa shape index (κ1) is 30.7. The smallest absolute Gasteiger partial charge is 0.411 e. The number of piperidine rings is 1. The lowest BCUT2D eigenvalue weighted by Gasteiger charge is -2.33. The number of carbonyl (C=O) groups excluding carboxylic acids is 3. The summed E-state index contributed by atoms with van der Waals surface area (Å²) in [5.41, 5.74) is 12.3. The molecule has 4 aromatic rings. The Bertz CT molecular complexity index is 1600. The molecule has 0 radical (unpaired) electrons. The number of hydrogen-bond donors (Lipinski definition) is 3. The van der Waals surface area contributed by atoms with Crippen molar-refractivity contribution >= 4 is 34.6 Å². The van der Waals surface area contributed by atoms with Crippen LogP contribution in [0, 0.1) is 0 Å². The van der Waals surface area contributed by atoms with Gasteiger partial charge in [0, 0.05) is 57.2 Å². The maximum absolute atomic E-state index is 13.4. The van der Waals surface area contributed by atoms with Gasteiger partial charge in [-0.3, -0.25) is 14.9 Å². The third-order valence-electron chi connectivity index (χ3n) is 8.07. The lowest BCUT2D eigenvalue weighted by atomic mass is 9.95. The predicted molar refractivity (Wildman–Crippen MR) is 171 cm³/mol. The van der Waals surface area contributed by atoms with E-state index in [0.29, 0.717) is 31.7 Å². The number of fused-ring (bicyclic) bond motifs is 1. The second-order valence-electron chi connectivity index (χ2n) is 11.3. The second-order valence-corrected chi connectivity index (χ2v) is 11.3. The van der Waals surface area contributed by atoms with Gasteiger partial charge in [-0.25, -0.2) is 9.78 Å². The number of benzene rings is 3. The first-order valence-electron chi connectivity index (χ1n) is 15.1. The molecule has 10 nitrogen and oxygen atoms in total. The van der Waals surface area contributed by atoms with Gasteiger partial charge in [-0.05, 0) is 60.2 Å². The highest BCUT2D eigenvalue weighted by atomic mass is 16.5. The van der Waals surface area contributed by atoms with Crippen molar-refractivity contribution in [3.8, 4) is 11.1 Å². The summed E-state index contributed by atoms with van der Waals surface area (Å²) in [7, 11) is 1.33. The van der Waals surface area contributed by atoms with E-state index in [9.17, 15) is 14.4 Å². The van der Waals surface area contributed by atoms with E-state index in [2.05, 4.69) is 26.0 Å². The van der Waals surface area contributed by atoms with E-state index in [4.69, 9.17) is 10.7 Å². The molecule has 5 rings (SSSR count). The molecule has 44 heavy (non-hydrogen) atoms. The van der Waals surface area contributed by atoms with E-state index < -0.39 is 6.09 Å². The number of hydrogen-bond acceptors (Lipinski definition) is 6. The Balaban J connectivity index is 1.18. The fraction of sp³-hybridized carbons (Fsp3) is 0.353. The fourth-order valence-corrected chi connectivity index (χ4v) is 5.88. The Morgan fingerprint density at radius 1 is 1.02 bits per heavy atom. The van der Waals surface area contributed by atoms with Gasteiger partial charge in [0.05, 0.1) is 18.1 Å². The summed E-state index contributed by atoms with van der Waals surface area (Å²) in [5, 5.41) is 5.53. The van der Waals surface area contributed by atoms with Crippen molar-refractivity contribution in [3.05, 3.63) is 84.2 Å². The van der Waals surface area contributed by atoms with Gasteiger partial charge in [0.25, 0.3) is 0 Å². The Kier molecular flexibility index (Phi) is 9.91. The molecule has 2 atom stereocenters. The molecule has 4 N–H and O–H groups in total. The van der Waals surface area contributed by atoms with Crippen molar-refractivity contribution in [3.63, 3.8) is 0 Å². The molecular formula is C34H40N6O4. The van der Waals surface area contributed by atoms with Crippen LogP contribution >= 0.6 is 0 Å². The summed E-state index contributed by atoms with van der Waals surface area (Å²) >= 11 is 0. The van der Waals surface area contributed by atoms with Gasteiger partial charge in [-0.15, -0.1) is 0 Å². The molecule has 0 spiro atoms. The first-order chi connectivity index (χ1) is 21.3. The topological polar surface area (TPSA) is 132 Å². The third kappa shape index (κ3) is 7.62. The van der Waals surface area contributed by atoms with E-state index in [1.807, 2.05) is 71.6 Å². The number of anilines is 1. The summed E-state index contributed by atoms with van der Waals surface area (Å²) in [6.45, 7) is 4.00. The van der Waals surface area contributed by atoms with Gasteiger partial charge in [0.1, 0.15) is 5.82 Å². The van der Waals surface area contributed by atoms with Gasteiger partial charge in [-0.2, -0.15) is 0 Å². The molecule has 2 unspecified atom stereocenters. The highest BCUT2D eigenvalue weighted by Gasteiger charge is 2.29. The van der Waals surface area contributed by atoms with Crippen molar-refractivity contribution in [2.75, 3.05) is 32.1 Å². The molecule has 1 aromatic heterocycles. The zero-order valence-corrected chi connectivity index (χ0v) is 25.3. The molecule has 0 aliphatic carbocycles. The molecule has 1 aliphatic heterocycles. The summed E-state index contributed by atoms with van der Waals surface area (Å²) in [6.07, 6.45) is 2.23. The van der Waals surface area contributed by atoms with Crippen LogP contribution in [-0.4, -0.2) is 65.1 Å². The summed E-state index contributed by atoms with van der Waals surface area (Å²) in [4.78, 5) is 43.1. The number of aromatic nitrogens is 2. The number of ether oxygens (including phenoxy) is 1. The largest absolute Gasteiger partial charge is 0.453 e. The molecular weight excluding hydrogens is 556 g/mol. The number of nitrogens with one attached hydrogen (secondary N) is 2. The molecule has 2 heterocycles. The maximum Gasteiger partial charge on any atom is 0.411 e. The third-order valence-corrected chi connectivity index (χ3v) is 8.07. The number of para-hydroxylation sites is 2. The lowest BCUT2D eigenvalue weighted by Crippen LogP contribution is -2.42. The molecule has 3 aromatic carbocycles. The molecule has 10 heteroatoms. The van der Waals surface area contributed by atoms with Gasteiger partial charge in [-0.1, -0.05) is 48.5 Å². The summed E-state index contributed by atoms with van der Waals surface area (Å²) in [6, 6.07) is 23.4. The fourth-order valence-electron chi connectivity index (χ4n) is 5.88. The zero-order valence-electron chi connectivity index (χ0n) is 25.3. The van der Waals surface area contributed by atoms with Crippen LogP contribution in [0.1, 0.15) is 43.5 Å². The van der Waals surface area contributed by atoms with E-state index in [1.165, 1.54) is 14.0 Å². The maximum atomic E-state index is 13.4. The van der Waals surface area contributed by atoms with Crippen molar-refractivity contribution in [2.45, 2.75) is 51.1 Å². The number of methoxy groups -OCH3 is 1. The first-order valence-corrected chi connectivity index (χ1v) is 15.1. The van der Waals surface area contributed by atoms with E-state index in [0.717, 1.165) is 52.9 Å². The van der Waals surface area contributed by atoms with E-state index in [1.54, 1.807) is 0 Å². The second kappa shape index (κ2) is 14.2. The molecule has 1 fully saturated rings. The minimum absolute atomic E-state index is 0.0566. The quantitative estimate of drug-likeness (QED) is 0.244. The van der Waals surface area contributed by atoms with Gasteiger partial charge >= 0.3 is 6.09 Å². The van der Waals surface area contributed by atoms with Crippen LogP contribution in [0.3, 0.4) is 0 Å². The highest BCUT2D eigenvalue weighted by molar-refractivity contribution is 5.85. The van der Waals surface area contributed by atoms with Crippen LogP contribution in [0.15, 0.2) is 72.8 Å². The van der Waals surface area contributed by atoms with Crippen LogP contribution in [0.25, 0.3) is 22.2 Å². The van der Waals surface area contributed by atoms with Crippen molar-refractivity contribution < 1.29 is 19.1 Å². The Labute approximate surface area is 257 Å². The highest BCUT2D eigenvalue weighted by Crippen LogP contribution is 2.30. The van der Waals surface area contributed by atoms with Gasteiger partial charge < -0.3 is 25.3 Å². The summed E-state index contributed by atoms with van der Waals surface area (Å²) < 4.78 is 6.82. The van der Waals surface area contributed by atoms with Crippen molar-refractivity contribution in [1.29, 1.82) is 0 Å². The average molecular weight is 597 g/mol. The number of nitrogens with zero attached hydrogens (tertiary/aromatic N) is 3. The molecule has 0 saturated carbocycles. The molecule has 1 aliphatic rings. The standard InChI is InChI=1S/C34H40N6O4/c1-23(41)36-17-19-40-31-8-4-3-7-30(31)38-33(40)27-6-5-18-39(22-27)32(42)21-28(35)20-24-9-11-25(12-10-24)26-13-15-29(16-14-26)37-34(43)44-2/h3-4,7-16,27-28H,5-6,17-22,35H2,1-2H3,(H,36,41)(H,37,43). The van der Waals surface area contributed by atoms with Crippen molar-refractivity contribution in [1.82, 2.24) is 19.8 Å². The van der Waals surface area contributed by atoms with Gasteiger partial charge in [0.2, 0.25) is 11.8 Å².